The monoisotopic (exact) mass is 490 g/mol. The number of amides is 1. The third kappa shape index (κ3) is 4.73. The van der Waals surface area contributed by atoms with E-state index >= 15 is 0 Å². The van der Waals surface area contributed by atoms with E-state index in [2.05, 4.69) is 10.5 Å². The highest BCUT2D eigenvalue weighted by atomic mass is 16.5. The van der Waals surface area contributed by atoms with Crippen LogP contribution >= 0.6 is 0 Å². The van der Waals surface area contributed by atoms with Crippen LogP contribution in [0, 0.1) is 6.92 Å². The fraction of sp³-hybridized carbons (Fsp3) is 0.393. The highest BCUT2D eigenvalue weighted by Gasteiger charge is 2.54. The summed E-state index contributed by atoms with van der Waals surface area (Å²) in [6.45, 7) is 2.53. The zero-order valence-corrected chi connectivity index (χ0v) is 20.3. The lowest BCUT2D eigenvalue weighted by Gasteiger charge is -2.52. The van der Waals surface area contributed by atoms with Gasteiger partial charge in [0.15, 0.2) is 5.76 Å². The van der Waals surface area contributed by atoms with E-state index in [1.807, 2.05) is 54.6 Å². The number of aromatic nitrogens is 1. The van der Waals surface area contributed by atoms with Crippen molar-refractivity contribution < 1.29 is 28.7 Å². The van der Waals surface area contributed by atoms with Crippen LogP contribution in [0.15, 0.2) is 59.1 Å². The maximum atomic E-state index is 12.6. The van der Waals surface area contributed by atoms with Crippen LogP contribution in [0.2, 0.25) is 0 Å². The lowest BCUT2D eigenvalue weighted by atomic mass is 9.63. The molecule has 3 aliphatic rings. The maximum Gasteiger partial charge on any atom is 0.411 e. The number of ether oxygens (including phenoxy) is 2. The Kier molecular flexibility index (Phi) is 6.53. The van der Waals surface area contributed by atoms with Gasteiger partial charge in [0.1, 0.15) is 11.4 Å². The minimum atomic E-state index is -0.843. The molecular weight excluding hydrogens is 460 g/mol. The lowest BCUT2D eigenvalue weighted by molar-refractivity contribution is -0.167. The summed E-state index contributed by atoms with van der Waals surface area (Å²) in [6, 6.07) is 17.6. The zero-order valence-electron chi connectivity index (χ0n) is 20.3. The largest absolute Gasteiger partial charge is 0.481 e. The molecule has 2 bridgehead atoms. The van der Waals surface area contributed by atoms with Gasteiger partial charge in [0.25, 0.3) is 0 Å². The van der Waals surface area contributed by atoms with E-state index in [-0.39, 0.29) is 24.0 Å². The number of carbonyl (C=O) groups excluding carboxylic acids is 1. The topological polar surface area (TPSA) is 111 Å². The summed E-state index contributed by atoms with van der Waals surface area (Å²) < 4.78 is 17.6. The van der Waals surface area contributed by atoms with Crippen molar-refractivity contribution >= 4 is 17.7 Å². The van der Waals surface area contributed by atoms with Gasteiger partial charge in [-0.05, 0) is 49.3 Å². The number of benzene rings is 2. The third-order valence-corrected chi connectivity index (χ3v) is 7.51. The van der Waals surface area contributed by atoms with E-state index in [1.54, 1.807) is 6.92 Å². The minimum absolute atomic E-state index is 0.00651. The van der Waals surface area contributed by atoms with Crippen LogP contribution in [-0.4, -0.2) is 35.5 Å². The summed E-state index contributed by atoms with van der Waals surface area (Å²) in [5.41, 5.74) is 3.37. The second-order valence-corrected chi connectivity index (χ2v) is 9.80. The van der Waals surface area contributed by atoms with E-state index < -0.39 is 12.1 Å². The van der Waals surface area contributed by atoms with Gasteiger partial charge in [0.2, 0.25) is 0 Å². The summed E-state index contributed by atoms with van der Waals surface area (Å²) in [6.07, 6.45) is 3.37. The molecule has 1 saturated carbocycles. The van der Waals surface area contributed by atoms with Gasteiger partial charge in [-0.15, -0.1) is 0 Å². The van der Waals surface area contributed by atoms with Gasteiger partial charge >= 0.3 is 12.1 Å². The Balaban J connectivity index is 1.24. The second-order valence-electron chi connectivity index (χ2n) is 9.80. The first-order valence-electron chi connectivity index (χ1n) is 12.3. The van der Waals surface area contributed by atoms with Gasteiger partial charge in [-0.25, -0.2) is 4.79 Å². The number of aryl methyl sites for hydroxylation is 1. The molecule has 2 saturated heterocycles. The molecule has 0 spiro atoms. The second kappa shape index (κ2) is 9.78. The van der Waals surface area contributed by atoms with Gasteiger partial charge in [-0.1, -0.05) is 59.8 Å². The first-order chi connectivity index (χ1) is 17.4. The van der Waals surface area contributed by atoms with Crippen LogP contribution < -0.4 is 5.32 Å². The first kappa shape index (κ1) is 24.1. The molecule has 36 heavy (non-hydrogen) atoms. The molecule has 2 aliphatic heterocycles. The summed E-state index contributed by atoms with van der Waals surface area (Å²) >= 11 is 0. The molecule has 3 fully saturated rings. The fourth-order valence-electron chi connectivity index (χ4n) is 5.39. The van der Waals surface area contributed by atoms with Gasteiger partial charge < -0.3 is 19.1 Å². The number of aliphatic carboxylic acids is 1. The summed E-state index contributed by atoms with van der Waals surface area (Å²) in [4.78, 5) is 23.5. The molecular formula is C28H30N2O6. The third-order valence-electron chi connectivity index (χ3n) is 7.51. The van der Waals surface area contributed by atoms with E-state index in [9.17, 15) is 9.59 Å². The van der Waals surface area contributed by atoms with Crippen molar-refractivity contribution in [2.24, 2.45) is 0 Å². The van der Waals surface area contributed by atoms with Crippen molar-refractivity contribution in [2.45, 2.75) is 56.5 Å². The Morgan fingerprint density at radius 2 is 1.75 bits per heavy atom. The molecule has 0 atom stereocenters. The van der Waals surface area contributed by atoms with E-state index in [1.165, 1.54) is 0 Å². The van der Waals surface area contributed by atoms with Crippen molar-refractivity contribution in [3.63, 3.8) is 0 Å². The zero-order chi connectivity index (χ0) is 25.2. The smallest absolute Gasteiger partial charge is 0.411 e. The fourth-order valence-corrected chi connectivity index (χ4v) is 5.39. The predicted molar refractivity (Wildman–Crippen MR) is 132 cm³/mol. The average Bonchev–Trinajstić information content (AvgIpc) is 3.26. The number of nitrogens with zero attached hydrogens (tertiary/aromatic N) is 1. The highest BCUT2D eigenvalue weighted by Crippen LogP contribution is 2.56. The van der Waals surface area contributed by atoms with E-state index in [0.29, 0.717) is 30.2 Å². The van der Waals surface area contributed by atoms with Crippen LogP contribution in [0.25, 0.3) is 0 Å². The Morgan fingerprint density at radius 3 is 2.39 bits per heavy atom. The summed E-state index contributed by atoms with van der Waals surface area (Å²) in [5, 5.41) is 16.0. The van der Waals surface area contributed by atoms with Crippen LogP contribution in [-0.2, 0) is 38.1 Å². The van der Waals surface area contributed by atoms with E-state index in [4.69, 9.17) is 19.1 Å². The molecule has 1 amide bonds. The Morgan fingerprint density at radius 1 is 1.03 bits per heavy atom. The molecule has 2 N–H and O–H groups in total. The van der Waals surface area contributed by atoms with Crippen LogP contribution in [0.4, 0.5) is 10.5 Å². The number of carboxylic acids is 1. The molecule has 2 aromatic carbocycles. The predicted octanol–water partition coefficient (Wildman–Crippen LogP) is 5.14. The number of hydrogen-bond donors (Lipinski definition) is 2. The molecule has 188 valence electrons. The molecule has 0 unspecified atom stereocenters. The SMILES string of the molecule is Cc1noc(C23CCC(c4ccc(CC(=O)O)cc4)(CC2)OC3)c1NC(=O)OCCc1ccccc1. The molecule has 8 nitrogen and oxygen atoms in total. The van der Waals surface area contributed by atoms with Crippen molar-refractivity contribution in [1.29, 1.82) is 0 Å². The lowest BCUT2D eigenvalue weighted by Crippen LogP contribution is -2.51. The van der Waals surface area contributed by atoms with Crippen LogP contribution in [0.3, 0.4) is 0 Å². The van der Waals surface area contributed by atoms with E-state index in [0.717, 1.165) is 42.4 Å². The quantitative estimate of drug-likeness (QED) is 0.450. The first-order valence-corrected chi connectivity index (χ1v) is 12.3. The van der Waals surface area contributed by atoms with Gasteiger partial charge in [-0.3, -0.25) is 10.1 Å². The summed E-state index contributed by atoms with van der Waals surface area (Å²) in [7, 11) is 0. The number of anilines is 1. The summed E-state index contributed by atoms with van der Waals surface area (Å²) in [5.74, 6) is -0.200. The highest BCUT2D eigenvalue weighted by molar-refractivity contribution is 5.86. The Labute approximate surface area is 209 Å². The Bertz CT molecular complexity index is 1210. The molecule has 0 radical (unpaired) electrons. The number of fused-ring (bicyclic) bond motifs is 3. The standard InChI is InChI=1S/C28H30N2O6/c1-19-24(29-26(33)34-16-11-20-5-3-2-4-6-20)25(36-30-19)27-12-14-28(15-13-27,35-18-27)22-9-7-21(8-10-22)17-23(31)32/h2-10H,11-18H2,1H3,(H,29,33)(H,31,32). The van der Waals surface area contributed by atoms with Crippen molar-refractivity contribution in [1.82, 2.24) is 5.16 Å². The van der Waals surface area contributed by atoms with Gasteiger partial charge in [0.05, 0.1) is 30.7 Å². The number of hydrogen-bond acceptors (Lipinski definition) is 6. The van der Waals surface area contributed by atoms with Crippen molar-refractivity contribution in [3.8, 4) is 0 Å². The van der Waals surface area contributed by atoms with Crippen LogP contribution in [0.5, 0.6) is 0 Å². The Hall–Kier alpha value is -3.65. The van der Waals surface area contributed by atoms with Gasteiger partial charge in [-0.2, -0.15) is 0 Å². The molecule has 1 aromatic heterocycles. The number of rotatable bonds is 8. The normalized spacial score (nSPS) is 22.8. The number of carbonyl (C=O) groups is 2. The number of carboxylic acid groups (broad SMARTS) is 1. The van der Waals surface area contributed by atoms with Gasteiger partial charge in [0, 0.05) is 6.42 Å². The molecule has 3 aromatic rings. The maximum absolute atomic E-state index is 12.6. The average molecular weight is 491 g/mol. The molecule has 1 aliphatic carbocycles. The minimum Gasteiger partial charge on any atom is -0.481 e. The molecule has 8 heteroatoms. The molecule has 3 heterocycles. The van der Waals surface area contributed by atoms with Crippen molar-refractivity contribution in [3.05, 3.63) is 82.7 Å². The molecule has 6 rings (SSSR count). The number of nitrogens with one attached hydrogen (secondary N) is 1. The van der Waals surface area contributed by atoms with Crippen LogP contribution in [0.1, 0.15) is 53.8 Å². The van der Waals surface area contributed by atoms with Crippen molar-refractivity contribution in [2.75, 3.05) is 18.5 Å².